The van der Waals surface area contributed by atoms with Gasteiger partial charge in [-0.3, -0.25) is 4.79 Å². The molecule has 0 spiro atoms. The van der Waals surface area contributed by atoms with Gasteiger partial charge in [-0.25, -0.2) is 19.9 Å². The van der Waals surface area contributed by atoms with Crippen molar-refractivity contribution in [2.75, 3.05) is 10.7 Å². The van der Waals surface area contributed by atoms with E-state index < -0.39 is 0 Å². The third-order valence-electron chi connectivity index (χ3n) is 3.14. The Hall–Kier alpha value is -2.21. The lowest BCUT2D eigenvalue weighted by atomic mass is 10.3. The normalized spacial score (nSPS) is 16.8. The van der Waals surface area contributed by atoms with Gasteiger partial charge in [-0.15, -0.1) is 0 Å². The number of pyridine rings is 2. The largest absolute Gasteiger partial charge is 0.273 e. The van der Waals surface area contributed by atoms with Crippen molar-refractivity contribution in [1.29, 1.82) is 0 Å². The van der Waals surface area contributed by atoms with E-state index in [0.717, 1.165) is 11.1 Å². The molecule has 1 saturated heterocycles. The zero-order valence-electron chi connectivity index (χ0n) is 11.8. The minimum atomic E-state index is -0.00543. The summed E-state index contributed by atoms with van der Waals surface area (Å²) < 4.78 is 0. The number of amides is 1. The van der Waals surface area contributed by atoms with E-state index in [4.69, 9.17) is 0 Å². The molecule has 0 N–H and O–H groups in total. The predicted molar refractivity (Wildman–Crippen MR) is 85.0 cm³/mol. The molecule has 2 aromatic rings. The summed E-state index contributed by atoms with van der Waals surface area (Å²) in [7, 11) is 0. The van der Waals surface area contributed by atoms with E-state index >= 15 is 0 Å². The highest BCUT2D eigenvalue weighted by Gasteiger charge is 2.31. The molecule has 0 unspecified atom stereocenters. The molecule has 5 nitrogen and oxygen atoms in total. The van der Waals surface area contributed by atoms with E-state index in [0.29, 0.717) is 22.6 Å². The Morgan fingerprint density at radius 2 is 1.86 bits per heavy atom. The number of hydrogen-bond donors (Lipinski definition) is 0. The molecule has 1 amide bonds. The van der Waals surface area contributed by atoms with Crippen LogP contribution in [0.1, 0.15) is 11.1 Å². The minimum absolute atomic E-state index is 0.00543. The fraction of sp³-hybridized carbons (Fsp3) is 0.200. The molecule has 6 heteroatoms. The van der Waals surface area contributed by atoms with Gasteiger partial charge in [0.05, 0.1) is 5.75 Å². The number of amidine groups is 1. The predicted octanol–water partition coefficient (Wildman–Crippen LogP) is 2.86. The van der Waals surface area contributed by atoms with Crippen molar-refractivity contribution in [1.82, 2.24) is 9.97 Å². The quantitative estimate of drug-likeness (QED) is 0.855. The smallest absolute Gasteiger partial charge is 0.244 e. The number of carbonyl (C=O) groups is 1. The zero-order valence-corrected chi connectivity index (χ0v) is 12.6. The molecule has 0 radical (unpaired) electrons. The van der Waals surface area contributed by atoms with Crippen molar-refractivity contribution in [2.24, 2.45) is 4.99 Å². The highest BCUT2D eigenvalue weighted by atomic mass is 32.2. The number of rotatable bonds is 2. The van der Waals surface area contributed by atoms with Crippen LogP contribution in [0.4, 0.5) is 11.6 Å². The summed E-state index contributed by atoms with van der Waals surface area (Å²) in [6.07, 6.45) is 3.38. The van der Waals surface area contributed by atoms with Crippen molar-refractivity contribution < 1.29 is 4.79 Å². The number of thioether (sulfide) groups is 1. The van der Waals surface area contributed by atoms with E-state index in [1.165, 1.54) is 11.8 Å². The molecule has 0 aliphatic carbocycles. The second-order valence-corrected chi connectivity index (χ2v) is 5.64. The van der Waals surface area contributed by atoms with Crippen molar-refractivity contribution in [3.05, 3.63) is 47.8 Å². The molecule has 0 saturated carbocycles. The van der Waals surface area contributed by atoms with Crippen LogP contribution in [0.2, 0.25) is 0 Å². The molecule has 0 bridgehead atoms. The summed E-state index contributed by atoms with van der Waals surface area (Å²) in [6.45, 7) is 3.88. The number of hydrogen-bond acceptors (Lipinski definition) is 5. The summed E-state index contributed by atoms with van der Waals surface area (Å²) in [6, 6.07) is 7.60. The Labute approximate surface area is 127 Å². The van der Waals surface area contributed by atoms with E-state index in [-0.39, 0.29) is 5.91 Å². The maximum atomic E-state index is 12.2. The summed E-state index contributed by atoms with van der Waals surface area (Å²) in [4.78, 5) is 26.9. The van der Waals surface area contributed by atoms with Crippen LogP contribution in [0.25, 0.3) is 0 Å². The van der Waals surface area contributed by atoms with Crippen LogP contribution in [-0.4, -0.2) is 26.8 Å². The average Bonchev–Trinajstić information content (AvgIpc) is 2.83. The van der Waals surface area contributed by atoms with Crippen LogP contribution >= 0.6 is 11.8 Å². The highest BCUT2D eigenvalue weighted by Crippen LogP contribution is 2.29. The fourth-order valence-corrected chi connectivity index (χ4v) is 2.90. The molecule has 21 heavy (non-hydrogen) atoms. The van der Waals surface area contributed by atoms with Gasteiger partial charge in [-0.05, 0) is 37.1 Å². The number of aliphatic imine (C=N–C) groups is 1. The van der Waals surface area contributed by atoms with Crippen molar-refractivity contribution >= 4 is 34.5 Å². The Bertz CT molecular complexity index is 729. The first kappa shape index (κ1) is 13.8. The lowest BCUT2D eigenvalue weighted by molar-refractivity contribution is -0.115. The summed E-state index contributed by atoms with van der Waals surface area (Å²) >= 11 is 1.41. The first-order valence-corrected chi connectivity index (χ1v) is 7.53. The van der Waals surface area contributed by atoms with Gasteiger partial charge in [-0.1, -0.05) is 23.9 Å². The molecular formula is C15H14N4OS. The lowest BCUT2D eigenvalue weighted by Crippen LogP contribution is -2.30. The second-order valence-electron chi connectivity index (χ2n) is 4.70. The molecule has 106 valence electrons. The molecule has 1 aliphatic rings. The molecule has 3 heterocycles. The molecule has 0 aromatic carbocycles. The SMILES string of the molecule is Cc1cccnc1/N=C1\SCC(=O)N1c1ncccc1C. The van der Waals surface area contributed by atoms with Crippen molar-refractivity contribution in [3.63, 3.8) is 0 Å². The van der Waals surface area contributed by atoms with Gasteiger partial charge >= 0.3 is 0 Å². The maximum Gasteiger partial charge on any atom is 0.244 e. The van der Waals surface area contributed by atoms with Gasteiger partial charge in [-0.2, -0.15) is 0 Å². The van der Waals surface area contributed by atoms with Crippen molar-refractivity contribution in [3.8, 4) is 0 Å². The minimum Gasteiger partial charge on any atom is -0.273 e. The van der Waals surface area contributed by atoms with E-state index in [9.17, 15) is 4.79 Å². The molecule has 1 aliphatic heterocycles. The van der Waals surface area contributed by atoms with Gasteiger partial charge in [0.15, 0.2) is 11.0 Å². The van der Waals surface area contributed by atoms with Crippen LogP contribution in [0.3, 0.4) is 0 Å². The highest BCUT2D eigenvalue weighted by molar-refractivity contribution is 8.15. The van der Waals surface area contributed by atoms with Crippen LogP contribution in [0.5, 0.6) is 0 Å². The lowest BCUT2D eigenvalue weighted by Gasteiger charge is -2.16. The van der Waals surface area contributed by atoms with Crippen LogP contribution in [-0.2, 0) is 4.79 Å². The Morgan fingerprint density at radius 1 is 1.14 bits per heavy atom. The molecule has 0 atom stereocenters. The second kappa shape index (κ2) is 5.65. The van der Waals surface area contributed by atoms with Gasteiger partial charge in [0, 0.05) is 12.4 Å². The number of aryl methyl sites for hydroxylation is 2. The molecule has 2 aromatic heterocycles. The van der Waals surface area contributed by atoms with Crippen LogP contribution in [0.15, 0.2) is 41.7 Å². The van der Waals surface area contributed by atoms with E-state index in [2.05, 4.69) is 15.0 Å². The third kappa shape index (κ3) is 2.67. The number of nitrogens with zero attached hydrogens (tertiary/aromatic N) is 4. The van der Waals surface area contributed by atoms with Gasteiger partial charge < -0.3 is 0 Å². The average molecular weight is 298 g/mol. The number of aromatic nitrogens is 2. The topological polar surface area (TPSA) is 58.5 Å². The van der Waals surface area contributed by atoms with Gasteiger partial charge in [0.1, 0.15) is 5.82 Å². The number of anilines is 1. The Balaban J connectivity index is 2.05. The zero-order chi connectivity index (χ0) is 14.8. The Morgan fingerprint density at radius 3 is 2.57 bits per heavy atom. The first-order chi connectivity index (χ1) is 10.2. The monoisotopic (exact) mass is 298 g/mol. The molecule has 1 fully saturated rings. The summed E-state index contributed by atoms with van der Waals surface area (Å²) in [5, 5.41) is 0.628. The third-order valence-corrected chi connectivity index (χ3v) is 4.07. The standard InChI is InChI=1S/C15H14N4OS/c1-10-5-3-7-16-13(10)18-15-19(12(20)9-21-15)14-11(2)6-4-8-17-14/h3-8H,9H2,1-2H3/b18-15-. The Kier molecular flexibility index (Phi) is 3.70. The summed E-state index contributed by atoms with van der Waals surface area (Å²) in [5.74, 6) is 1.64. The summed E-state index contributed by atoms with van der Waals surface area (Å²) in [5.41, 5.74) is 1.92. The first-order valence-electron chi connectivity index (χ1n) is 6.54. The maximum absolute atomic E-state index is 12.2. The molecular weight excluding hydrogens is 284 g/mol. The van der Waals surface area contributed by atoms with Crippen LogP contribution in [0, 0.1) is 13.8 Å². The van der Waals surface area contributed by atoms with Gasteiger partial charge in [0.2, 0.25) is 5.91 Å². The van der Waals surface area contributed by atoms with Crippen LogP contribution < -0.4 is 4.90 Å². The van der Waals surface area contributed by atoms with Gasteiger partial charge in [0.25, 0.3) is 0 Å². The van der Waals surface area contributed by atoms with Crippen molar-refractivity contribution in [2.45, 2.75) is 13.8 Å². The van der Waals surface area contributed by atoms with E-state index in [1.54, 1.807) is 17.3 Å². The number of carbonyl (C=O) groups excluding carboxylic acids is 1. The van der Waals surface area contributed by atoms with E-state index in [1.807, 2.05) is 38.1 Å². The fourth-order valence-electron chi connectivity index (χ4n) is 2.05. The molecule has 3 rings (SSSR count).